The molecule has 2 heterocycles. The number of esters is 1. The van der Waals surface area contributed by atoms with Crippen LogP contribution in [0.1, 0.15) is 30.5 Å². The van der Waals surface area contributed by atoms with E-state index in [-0.39, 0.29) is 37.0 Å². The van der Waals surface area contributed by atoms with Gasteiger partial charge in [-0.3, -0.25) is 4.79 Å². The lowest BCUT2D eigenvalue weighted by molar-refractivity contribution is -0.139. The lowest BCUT2D eigenvalue weighted by Gasteiger charge is -2.13. The molecular weight excluding hydrogens is 478 g/mol. The number of ketones is 1. The first-order valence-electron chi connectivity index (χ1n) is 11.8. The van der Waals surface area contributed by atoms with Crippen molar-refractivity contribution < 1.29 is 33.6 Å². The van der Waals surface area contributed by atoms with E-state index in [0.29, 0.717) is 36.0 Å². The Morgan fingerprint density at radius 2 is 2.11 bits per heavy atom. The number of benzene rings is 1. The molecule has 196 valence electrons. The van der Waals surface area contributed by atoms with Crippen LogP contribution in [0.5, 0.6) is 5.75 Å². The van der Waals surface area contributed by atoms with Crippen molar-refractivity contribution in [1.29, 1.82) is 0 Å². The number of aromatic amines is 1. The van der Waals surface area contributed by atoms with Crippen molar-refractivity contribution in [3.63, 3.8) is 0 Å². The predicted octanol–water partition coefficient (Wildman–Crippen LogP) is 3.90. The molecule has 1 aromatic heterocycles. The van der Waals surface area contributed by atoms with Crippen molar-refractivity contribution in [3.8, 4) is 5.75 Å². The number of rotatable bonds is 13. The van der Waals surface area contributed by atoms with Crippen molar-refractivity contribution in [2.24, 2.45) is 4.99 Å². The molecule has 0 atom stereocenters. The van der Waals surface area contributed by atoms with E-state index in [1.165, 1.54) is 0 Å². The number of aromatic nitrogens is 1. The first-order valence-corrected chi connectivity index (χ1v) is 11.8. The summed E-state index contributed by atoms with van der Waals surface area (Å²) in [5.74, 6) is -0.266. The van der Waals surface area contributed by atoms with Crippen molar-refractivity contribution in [2.75, 3.05) is 38.4 Å². The molecule has 0 bridgehead atoms. The second-order valence-corrected chi connectivity index (χ2v) is 7.81. The molecule has 37 heavy (non-hydrogen) atoms. The van der Waals surface area contributed by atoms with Gasteiger partial charge in [0.25, 0.3) is 0 Å². The molecule has 1 aromatic carbocycles. The Labute approximate surface area is 215 Å². The number of allylic oxidation sites excluding steroid dienone is 2. The van der Waals surface area contributed by atoms with E-state index in [1.807, 2.05) is 26.0 Å². The second-order valence-electron chi connectivity index (χ2n) is 7.81. The van der Waals surface area contributed by atoms with E-state index in [2.05, 4.69) is 22.0 Å². The molecule has 0 radical (unpaired) electrons. The SMILES string of the molecule is C=Nc1[nH]cc(/C=C2\OC(Nc3ccc(OCCOCCO)cc3C)=C(C(=O)OCC)C2=O)c1/C=C\C. The van der Waals surface area contributed by atoms with Crippen molar-refractivity contribution >= 4 is 42.1 Å². The maximum atomic E-state index is 13.2. The Kier molecular flexibility index (Phi) is 9.82. The smallest absolute Gasteiger partial charge is 0.347 e. The largest absolute Gasteiger partial charge is 0.491 e. The number of carbonyl (C=O) groups is 2. The number of anilines is 1. The number of nitrogens with zero attached hydrogens (tertiary/aromatic N) is 1. The number of carbonyl (C=O) groups excluding carboxylic acids is 2. The van der Waals surface area contributed by atoms with Crippen LogP contribution < -0.4 is 10.1 Å². The van der Waals surface area contributed by atoms with E-state index in [1.54, 1.807) is 37.4 Å². The van der Waals surface area contributed by atoms with Crippen LogP contribution in [0.2, 0.25) is 0 Å². The van der Waals surface area contributed by atoms with Crippen molar-refractivity contribution in [2.45, 2.75) is 20.8 Å². The van der Waals surface area contributed by atoms with Crippen LogP contribution in [0, 0.1) is 6.92 Å². The van der Waals surface area contributed by atoms with Gasteiger partial charge >= 0.3 is 5.97 Å². The molecule has 0 saturated carbocycles. The van der Waals surface area contributed by atoms with E-state index in [9.17, 15) is 9.59 Å². The zero-order valence-electron chi connectivity index (χ0n) is 21.1. The molecule has 0 saturated heterocycles. The average Bonchev–Trinajstić information content (AvgIpc) is 3.40. The summed E-state index contributed by atoms with van der Waals surface area (Å²) in [4.78, 5) is 32.8. The van der Waals surface area contributed by atoms with Gasteiger partial charge in [0.05, 0.1) is 26.4 Å². The minimum Gasteiger partial charge on any atom is -0.491 e. The van der Waals surface area contributed by atoms with Gasteiger partial charge in [0.1, 0.15) is 18.2 Å². The third kappa shape index (κ3) is 6.75. The topological polar surface area (TPSA) is 131 Å². The number of aliphatic hydroxyl groups excluding tert-OH is 1. The number of aliphatic imine (C=N–C) groups is 1. The van der Waals surface area contributed by atoms with Gasteiger partial charge in [0.2, 0.25) is 11.7 Å². The van der Waals surface area contributed by atoms with E-state index in [4.69, 9.17) is 24.1 Å². The number of nitrogens with one attached hydrogen (secondary N) is 2. The van der Waals surface area contributed by atoms with Crippen LogP contribution in [-0.4, -0.2) is 61.6 Å². The molecule has 3 rings (SSSR count). The van der Waals surface area contributed by atoms with Gasteiger partial charge in [0, 0.05) is 23.0 Å². The Hall–Kier alpha value is -4.15. The third-order valence-electron chi connectivity index (χ3n) is 5.26. The summed E-state index contributed by atoms with van der Waals surface area (Å²) in [5.41, 5.74) is 2.56. The van der Waals surface area contributed by atoms with Crippen LogP contribution in [-0.2, 0) is 23.8 Å². The Bertz CT molecular complexity index is 1240. The monoisotopic (exact) mass is 509 g/mol. The molecule has 0 spiro atoms. The summed E-state index contributed by atoms with van der Waals surface area (Å²) in [5, 5.41) is 11.8. The molecule has 0 fully saturated rings. The lowest BCUT2D eigenvalue weighted by atomic mass is 10.1. The summed E-state index contributed by atoms with van der Waals surface area (Å²) in [6.07, 6.45) is 6.89. The number of aliphatic hydroxyl groups is 1. The zero-order chi connectivity index (χ0) is 26.8. The molecule has 1 aliphatic heterocycles. The number of Topliss-reactive ketones (excluding diaryl/α,β-unsaturated/α-hetero) is 1. The third-order valence-corrected chi connectivity index (χ3v) is 5.26. The maximum absolute atomic E-state index is 13.2. The molecule has 0 amide bonds. The Balaban J connectivity index is 1.85. The minimum atomic E-state index is -0.782. The molecular formula is C27H31N3O7. The highest BCUT2D eigenvalue weighted by molar-refractivity contribution is 6.26. The zero-order valence-corrected chi connectivity index (χ0v) is 21.1. The summed E-state index contributed by atoms with van der Waals surface area (Å²) in [6.45, 7) is 9.92. The molecule has 10 heteroatoms. The summed E-state index contributed by atoms with van der Waals surface area (Å²) < 4.78 is 21.8. The number of H-pyrrole nitrogens is 1. The van der Waals surface area contributed by atoms with Gasteiger partial charge in [-0.05, 0) is 57.3 Å². The van der Waals surface area contributed by atoms with Crippen molar-refractivity contribution in [3.05, 3.63) is 64.4 Å². The van der Waals surface area contributed by atoms with E-state index in [0.717, 1.165) is 11.1 Å². The normalized spacial score (nSPS) is 14.4. The van der Waals surface area contributed by atoms with Crippen molar-refractivity contribution in [1.82, 2.24) is 4.98 Å². The first kappa shape index (κ1) is 27.4. The van der Waals surface area contributed by atoms with Crippen LogP contribution in [0.3, 0.4) is 0 Å². The lowest BCUT2D eigenvalue weighted by Crippen LogP contribution is -2.16. The fraction of sp³-hybridized carbons (Fsp3) is 0.296. The van der Waals surface area contributed by atoms with Gasteiger partial charge in [-0.2, -0.15) is 0 Å². The van der Waals surface area contributed by atoms with Crippen LogP contribution >= 0.6 is 0 Å². The molecule has 10 nitrogen and oxygen atoms in total. The van der Waals surface area contributed by atoms with Gasteiger partial charge in [-0.15, -0.1) is 0 Å². The minimum absolute atomic E-state index is 0.0194. The van der Waals surface area contributed by atoms with Crippen LogP contribution in [0.25, 0.3) is 12.2 Å². The quantitative estimate of drug-likeness (QED) is 0.122. The molecule has 0 aliphatic carbocycles. The highest BCUT2D eigenvalue weighted by Crippen LogP contribution is 2.33. The highest BCUT2D eigenvalue weighted by atomic mass is 16.5. The standard InChI is InChI=1S/C27H31N3O7/c1-5-7-20-18(16-29-25(20)28-4)15-22-24(32)23(27(33)35-6-2)26(37-22)30-21-9-8-19(14-17(21)3)36-13-12-34-11-10-31/h5,7-9,14-16,29-31H,4,6,10-13H2,1-3H3/b7-5-,22-15-. The van der Waals surface area contributed by atoms with Gasteiger partial charge in [0.15, 0.2) is 11.3 Å². The molecule has 0 unspecified atom stereocenters. The van der Waals surface area contributed by atoms with Crippen LogP contribution in [0.15, 0.2) is 52.7 Å². The van der Waals surface area contributed by atoms with Gasteiger partial charge < -0.3 is 34.4 Å². The molecule has 2 aromatic rings. The first-order chi connectivity index (χ1) is 17.9. The fourth-order valence-corrected chi connectivity index (χ4v) is 3.55. The fourth-order valence-electron chi connectivity index (χ4n) is 3.55. The summed E-state index contributed by atoms with van der Waals surface area (Å²) >= 11 is 0. The number of hydrogen-bond acceptors (Lipinski definition) is 9. The number of ether oxygens (including phenoxy) is 4. The van der Waals surface area contributed by atoms with E-state index >= 15 is 0 Å². The van der Waals surface area contributed by atoms with E-state index < -0.39 is 11.8 Å². The molecule has 1 aliphatic rings. The van der Waals surface area contributed by atoms with Crippen LogP contribution in [0.4, 0.5) is 11.5 Å². The van der Waals surface area contributed by atoms with Gasteiger partial charge in [-0.1, -0.05) is 12.2 Å². The highest BCUT2D eigenvalue weighted by Gasteiger charge is 2.37. The average molecular weight is 510 g/mol. The second kappa shape index (κ2) is 13.2. The Morgan fingerprint density at radius 1 is 1.30 bits per heavy atom. The number of hydrogen-bond donors (Lipinski definition) is 3. The predicted molar refractivity (Wildman–Crippen MR) is 141 cm³/mol. The summed E-state index contributed by atoms with van der Waals surface area (Å²) in [6, 6.07) is 5.30. The summed E-state index contributed by atoms with van der Waals surface area (Å²) in [7, 11) is 0. The molecule has 3 N–H and O–H groups in total. The maximum Gasteiger partial charge on any atom is 0.347 e. The Morgan fingerprint density at radius 3 is 2.78 bits per heavy atom. The number of aryl methyl sites for hydroxylation is 1. The van der Waals surface area contributed by atoms with Gasteiger partial charge in [-0.25, -0.2) is 9.79 Å².